The molecule has 0 aliphatic rings. The number of benzene rings is 3. The molecule has 0 spiro atoms. The van der Waals surface area contributed by atoms with Crippen molar-refractivity contribution in [1.29, 1.82) is 0 Å². The lowest BCUT2D eigenvalue weighted by Crippen LogP contribution is -2.25. The zero-order valence-electron chi connectivity index (χ0n) is 19.6. The van der Waals surface area contributed by atoms with Crippen LogP contribution in [0.25, 0.3) is 0 Å². The van der Waals surface area contributed by atoms with E-state index in [1.165, 1.54) is 12.1 Å². The van der Waals surface area contributed by atoms with Gasteiger partial charge in [0.05, 0.1) is 4.90 Å². The summed E-state index contributed by atoms with van der Waals surface area (Å²) in [5, 5.41) is 5.93. The Kier molecular flexibility index (Phi) is 7.07. The molecule has 0 atom stereocenters. The molecular formula is C26H25N5O3S. The van der Waals surface area contributed by atoms with Crippen LogP contribution in [0.3, 0.4) is 0 Å². The van der Waals surface area contributed by atoms with Crippen molar-refractivity contribution in [1.82, 2.24) is 9.97 Å². The minimum atomic E-state index is -4.00. The highest BCUT2D eigenvalue weighted by atomic mass is 32.2. The Balaban J connectivity index is 1.62. The highest BCUT2D eigenvalue weighted by Gasteiger charge is 2.16. The summed E-state index contributed by atoms with van der Waals surface area (Å²) in [5.41, 5.74) is 3.03. The van der Waals surface area contributed by atoms with Crippen molar-refractivity contribution < 1.29 is 13.2 Å². The van der Waals surface area contributed by atoms with Crippen molar-refractivity contribution in [2.75, 3.05) is 10.6 Å². The summed E-state index contributed by atoms with van der Waals surface area (Å²) in [6.07, 6.45) is 0. The van der Waals surface area contributed by atoms with E-state index in [1.807, 2.05) is 57.2 Å². The molecule has 0 bridgehead atoms. The van der Waals surface area contributed by atoms with Crippen LogP contribution in [0.4, 0.5) is 11.6 Å². The van der Waals surface area contributed by atoms with Crippen LogP contribution in [0, 0.1) is 20.8 Å². The third-order valence-electron chi connectivity index (χ3n) is 4.84. The number of anilines is 2. The number of ether oxygens (including phenoxy) is 1. The molecule has 35 heavy (non-hydrogen) atoms. The van der Waals surface area contributed by atoms with E-state index >= 15 is 0 Å². The van der Waals surface area contributed by atoms with Gasteiger partial charge in [0.1, 0.15) is 11.5 Å². The highest BCUT2D eigenvalue weighted by Crippen LogP contribution is 2.23. The molecule has 1 heterocycles. The van der Waals surface area contributed by atoms with E-state index in [0.717, 1.165) is 17.0 Å². The average molecular weight is 488 g/mol. The number of nitrogens with one attached hydrogen (secondary N) is 2. The maximum Gasteiger partial charge on any atom is 0.285 e. The summed E-state index contributed by atoms with van der Waals surface area (Å²) in [6, 6.07) is 24.8. The van der Waals surface area contributed by atoms with E-state index < -0.39 is 10.0 Å². The van der Waals surface area contributed by atoms with Crippen molar-refractivity contribution in [3.05, 3.63) is 102 Å². The smallest absolute Gasteiger partial charge is 0.285 e. The molecule has 8 nitrogen and oxygen atoms in total. The second kappa shape index (κ2) is 10.4. The molecule has 0 unspecified atom stereocenters. The number of guanidine groups is 1. The Hall–Kier alpha value is -4.24. The maximum atomic E-state index is 13.0. The monoisotopic (exact) mass is 487 g/mol. The molecule has 9 heteroatoms. The minimum absolute atomic E-state index is 0.0349. The van der Waals surface area contributed by atoms with Gasteiger partial charge in [0, 0.05) is 17.1 Å². The van der Waals surface area contributed by atoms with Crippen LogP contribution < -0.4 is 15.4 Å². The van der Waals surface area contributed by atoms with Gasteiger partial charge in [0.15, 0.2) is 0 Å². The number of hydrogen-bond donors (Lipinski definition) is 2. The molecule has 0 amide bonds. The Morgan fingerprint density at radius 3 is 2.00 bits per heavy atom. The summed E-state index contributed by atoms with van der Waals surface area (Å²) >= 11 is 0. The fourth-order valence-electron chi connectivity index (χ4n) is 3.22. The molecule has 2 N–H and O–H groups in total. The molecule has 3 aromatic carbocycles. The first-order chi connectivity index (χ1) is 16.8. The van der Waals surface area contributed by atoms with Crippen LogP contribution in [0.1, 0.15) is 17.0 Å². The van der Waals surface area contributed by atoms with Crippen molar-refractivity contribution in [2.24, 2.45) is 4.40 Å². The predicted molar refractivity (Wildman–Crippen MR) is 138 cm³/mol. The summed E-state index contributed by atoms with van der Waals surface area (Å²) in [6.45, 7) is 5.55. The Morgan fingerprint density at radius 1 is 0.771 bits per heavy atom. The van der Waals surface area contributed by atoms with Gasteiger partial charge in [-0.2, -0.15) is 8.42 Å². The average Bonchev–Trinajstić information content (AvgIpc) is 2.80. The predicted octanol–water partition coefficient (Wildman–Crippen LogP) is 5.46. The standard InChI is InChI=1S/C26H25N5O3S/c1-18-9-15-24(16-10-18)35(32,33)31-26(30-25-27-19(2)17-20(3)28-25)29-21-11-13-23(14-12-21)34-22-7-5-4-6-8-22/h4-17H,1-3H3,(H2,27,28,29,30,31). The normalized spacial score (nSPS) is 11.7. The van der Waals surface area contributed by atoms with E-state index in [4.69, 9.17) is 4.74 Å². The number of aryl methyl sites for hydroxylation is 3. The third-order valence-corrected chi connectivity index (χ3v) is 6.13. The highest BCUT2D eigenvalue weighted by molar-refractivity contribution is 7.90. The summed E-state index contributed by atoms with van der Waals surface area (Å²) in [7, 11) is -4.00. The summed E-state index contributed by atoms with van der Waals surface area (Å²) in [5.74, 6) is 1.55. The Bertz CT molecular complexity index is 1420. The topological polar surface area (TPSA) is 106 Å². The number of aromatic nitrogens is 2. The van der Waals surface area contributed by atoms with Gasteiger partial charge in [0.2, 0.25) is 11.9 Å². The van der Waals surface area contributed by atoms with E-state index in [1.54, 1.807) is 36.4 Å². The molecule has 0 aliphatic heterocycles. The van der Waals surface area contributed by atoms with E-state index in [2.05, 4.69) is 25.0 Å². The van der Waals surface area contributed by atoms with Crippen LogP contribution in [-0.4, -0.2) is 24.3 Å². The third kappa shape index (κ3) is 6.64. The number of nitrogens with zero attached hydrogens (tertiary/aromatic N) is 3. The van der Waals surface area contributed by atoms with Gasteiger partial charge < -0.3 is 10.1 Å². The second-order valence-corrected chi connectivity index (χ2v) is 9.50. The molecule has 4 aromatic rings. The first-order valence-corrected chi connectivity index (χ1v) is 12.3. The number of hydrogen-bond acceptors (Lipinski definition) is 5. The lowest BCUT2D eigenvalue weighted by Gasteiger charge is -2.13. The molecule has 1 aromatic heterocycles. The number of para-hydroxylation sites is 1. The molecule has 178 valence electrons. The molecular weight excluding hydrogens is 462 g/mol. The molecule has 0 saturated carbocycles. The van der Waals surface area contributed by atoms with Gasteiger partial charge in [-0.1, -0.05) is 35.9 Å². The van der Waals surface area contributed by atoms with Gasteiger partial charge >= 0.3 is 0 Å². The maximum absolute atomic E-state index is 13.0. The van der Waals surface area contributed by atoms with Crippen molar-refractivity contribution in [3.63, 3.8) is 0 Å². The lowest BCUT2D eigenvalue weighted by molar-refractivity contribution is 0.483. The lowest BCUT2D eigenvalue weighted by atomic mass is 10.2. The minimum Gasteiger partial charge on any atom is -0.457 e. The van der Waals surface area contributed by atoms with E-state index in [0.29, 0.717) is 17.2 Å². The quantitative estimate of drug-likeness (QED) is 0.275. The van der Waals surface area contributed by atoms with Crippen LogP contribution in [-0.2, 0) is 10.0 Å². The van der Waals surface area contributed by atoms with Crippen molar-refractivity contribution in [3.8, 4) is 11.5 Å². The first kappa shape index (κ1) is 23.9. The Morgan fingerprint density at radius 2 is 1.37 bits per heavy atom. The zero-order valence-corrected chi connectivity index (χ0v) is 20.4. The van der Waals surface area contributed by atoms with Crippen LogP contribution in [0.5, 0.6) is 11.5 Å². The molecule has 0 aliphatic carbocycles. The fraction of sp³-hybridized carbons (Fsp3) is 0.115. The summed E-state index contributed by atoms with van der Waals surface area (Å²) in [4.78, 5) is 8.75. The second-order valence-electron chi connectivity index (χ2n) is 7.89. The van der Waals surface area contributed by atoms with Gasteiger partial charge in [-0.05, 0) is 75.4 Å². The zero-order chi connectivity index (χ0) is 24.8. The SMILES string of the molecule is Cc1ccc(S(=O)(=O)/N=C(/Nc2ccc(Oc3ccccc3)cc2)Nc2nc(C)cc(C)n2)cc1. The molecule has 4 rings (SSSR count). The van der Waals surface area contributed by atoms with Gasteiger partial charge in [-0.15, -0.1) is 4.40 Å². The van der Waals surface area contributed by atoms with E-state index in [-0.39, 0.29) is 16.8 Å². The number of sulfonamides is 1. The van der Waals surface area contributed by atoms with Gasteiger partial charge in [-0.25, -0.2) is 9.97 Å². The van der Waals surface area contributed by atoms with Crippen LogP contribution >= 0.6 is 0 Å². The van der Waals surface area contributed by atoms with Crippen molar-refractivity contribution in [2.45, 2.75) is 25.7 Å². The Labute approximate surface area is 204 Å². The largest absolute Gasteiger partial charge is 0.457 e. The molecule has 0 saturated heterocycles. The molecule has 0 radical (unpaired) electrons. The van der Waals surface area contributed by atoms with Gasteiger partial charge in [0.25, 0.3) is 10.0 Å². The fourth-order valence-corrected chi connectivity index (χ4v) is 4.13. The van der Waals surface area contributed by atoms with Crippen molar-refractivity contribution >= 4 is 27.6 Å². The first-order valence-electron chi connectivity index (χ1n) is 10.9. The van der Waals surface area contributed by atoms with E-state index in [9.17, 15) is 8.42 Å². The van der Waals surface area contributed by atoms with Crippen LogP contribution in [0.15, 0.2) is 94.2 Å². The van der Waals surface area contributed by atoms with Gasteiger partial charge in [-0.3, -0.25) is 5.32 Å². The summed E-state index contributed by atoms with van der Waals surface area (Å²) < 4.78 is 35.8. The number of rotatable bonds is 6. The van der Waals surface area contributed by atoms with Crippen LogP contribution in [0.2, 0.25) is 0 Å². The molecule has 0 fully saturated rings.